The highest BCUT2D eigenvalue weighted by Gasteiger charge is 2.06. The fraction of sp³-hybridized carbons (Fsp3) is 0.286. The number of hydrogen-bond donors (Lipinski definition) is 2. The Bertz CT molecular complexity index is 581. The number of anilines is 3. The molecule has 1 aromatic carbocycles. The van der Waals surface area contributed by atoms with Gasteiger partial charge in [-0.2, -0.15) is 0 Å². The quantitative estimate of drug-likeness (QED) is 0.883. The van der Waals surface area contributed by atoms with Gasteiger partial charge in [0.2, 0.25) is 0 Å². The number of rotatable bonds is 5. The second kappa shape index (κ2) is 6.43. The van der Waals surface area contributed by atoms with Crippen LogP contribution in [0.4, 0.5) is 17.3 Å². The molecular weight excluding hydrogens is 276 g/mol. The first-order chi connectivity index (χ1) is 9.66. The zero-order valence-electron chi connectivity index (χ0n) is 11.7. The van der Waals surface area contributed by atoms with Gasteiger partial charge in [0.05, 0.1) is 17.8 Å². The van der Waals surface area contributed by atoms with Crippen LogP contribution in [0.2, 0.25) is 5.02 Å². The largest absolute Gasteiger partial charge is 0.497 e. The molecule has 2 N–H and O–H groups in total. The first-order valence-corrected chi connectivity index (χ1v) is 6.70. The van der Waals surface area contributed by atoms with Gasteiger partial charge in [0.15, 0.2) is 0 Å². The molecule has 0 saturated heterocycles. The van der Waals surface area contributed by atoms with Crippen LogP contribution in [0.1, 0.15) is 12.7 Å². The van der Waals surface area contributed by atoms with Gasteiger partial charge in [-0.3, -0.25) is 0 Å². The van der Waals surface area contributed by atoms with Crippen molar-refractivity contribution >= 4 is 28.9 Å². The topological polar surface area (TPSA) is 59.1 Å². The van der Waals surface area contributed by atoms with Crippen molar-refractivity contribution in [2.45, 2.75) is 13.3 Å². The summed E-state index contributed by atoms with van der Waals surface area (Å²) < 4.78 is 5.19. The number of hydrogen-bond acceptors (Lipinski definition) is 5. The van der Waals surface area contributed by atoms with Gasteiger partial charge in [0.25, 0.3) is 0 Å². The molecule has 0 atom stereocenters. The fourth-order valence-electron chi connectivity index (χ4n) is 1.71. The minimum absolute atomic E-state index is 0.605. The highest BCUT2D eigenvalue weighted by atomic mass is 35.5. The van der Waals surface area contributed by atoms with E-state index in [0.29, 0.717) is 10.8 Å². The van der Waals surface area contributed by atoms with E-state index in [-0.39, 0.29) is 0 Å². The van der Waals surface area contributed by atoms with Crippen LogP contribution in [0.15, 0.2) is 24.3 Å². The van der Waals surface area contributed by atoms with Gasteiger partial charge in [0, 0.05) is 25.6 Å². The van der Waals surface area contributed by atoms with Crippen molar-refractivity contribution < 1.29 is 4.74 Å². The molecule has 0 aliphatic carbocycles. The van der Waals surface area contributed by atoms with Crippen molar-refractivity contribution in [1.29, 1.82) is 0 Å². The average molecular weight is 293 g/mol. The number of nitrogens with one attached hydrogen (secondary N) is 2. The number of benzene rings is 1. The number of nitrogens with zero attached hydrogens (tertiary/aromatic N) is 2. The van der Waals surface area contributed by atoms with E-state index in [4.69, 9.17) is 16.3 Å². The summed E-state index contributed by atoms with van der Waals surface area (Å²) in [7, 11) is 3.44. The molecule has 2 rings (SSSR count). The zero-order chi connectivity index (χ0) is 14.5. The van der Waals surface area contributed by atoms with Crippen LogP contribution in [-0.4, -0.2) is 24.1 Å². The lowest BCUT2D eigenvalue weighted by Crippen LogP contribution is -2.03. The Balaban J connectivity index is 2.33. The third kappa shape index (κ3) is 3.30. The van der Waals surface area contributed by atoms with E-state index in [0.717, 1.165) is 29.5 Å². The van der Waals surface area contributed by atoms with Crippen molar-refractivity contribution in [1.82, 2.24) is 9.97 Å². The number of methoxy groups -OCH3 is 1. The second-order valence-electron chi connectivity index (χ2n) is 4.13. The summed E-state index contributed by atoms with van der Waals surface area (Å²) in [5, 5.41) is 6.81. The summed E-state index contributed by atoms with van der Waals surface area (Å²) in [6.07, 6.45) is 0.760. The van der Waals surface area contributed by atoms with E-state index in [2.05, 4.69) is 20.6 Å². The van der Waals surface area contributed by atoms with Crippen LogP contribution < -0.4 is 15.4 Å². The number of aryl methyl sites for hydroxylation is 1. The molecule has 0 fully saturated rings. The Morgan fingerprint density at radius 1 is 1.20 bits per heavy atom. The summed E-state index contributed by atoms with van der Waals surface area (Å²) in [5.41, 5.74) is 0.744. The molecule has 6 heteroatoms. The lowest BCUT2D eigenvalue weighted by molar-refractivity contribution is 0.415. The van der Waals surface area contributed by atoms with Gasteiger partial charge in [-0.05, 0) is 12.1 Å². The fourth-order valence-corrected chi connectivity index (χ4v) is 1.88. The van der Waals surface area contributed by atoms with E-state index in [1.807, 2.05) is 32.2 Å². The molecule has 0 aliphatic heterocycles. The highest BCUT2D eigenvalue weighted by Crippen LogP contribution is 2.29. The van der Waals surface area contributed by atoms with Crippen LogP contribution in [-0.2, 0) is 6.42 Å². The van der Waals surface area contributed by atoms with Crippen molar-refractivity contribution in [3.05, 3.63) is 35.1 Å². The number of ether oxygens (including phenoxy) is 1. The number of aromatic nitrogens is 2. The normalized spacial score (nSPS) is 10.2. The Kier molecular flexibility index (Phi) is 4.63. The summed E-state index contributed by atoms with van der Waals surface area (Å²) in [6, 6.07) is 7.25. The summed E-state index contributed by atoms with van der Waals surface area (Å²) in [5.74, 6) is 2.95. The standard InChI is InChI=1S/C14H17ClN4O/c1-4-12-18-13(16-2)8-14(19-12)17-11-7-9(20-3)5-6-10(11)15/h5-8H,4H2,1-3H3,(H2,16,17,18,19). The SMILES string of the molecule is CCc1nc(NC)cc(Nc2cc(OC)ccc2Cl)n1. The third-order valence-corrected chi connectivity index (χ3v) is 3.11. The molecule has 106 valence electrons. The van der Waals surface area contributed by atoms with Gasteiger partial charge in [0.1, 0.15) is 23.2 Å². The van der Waals surface area contributed by atoms with Crippen LogP contribution in [0, 0.1) is 0 Å². The van der Waals surface area contributed by atoms with Crippen molar-refractivity contribution in [2.75, 3.05) is 24.8 Å². The maximum Gasteiger partial charge on any atom is 0.136 e. The Labute approximate surface area is 123 Å². The van der Waals surface area contributed by atoms with Crippen LogP contribution >= 0.6 is 11.6 Å². The maximum absolute atomic E-state index is 6.17. The van der Waals surface area contributed by atoms with Gasteiger partial charge in [-0.25, -0.2) is 9.97 Å². The molecule has 5 nitrogen and oxygen atoms in total. The highest BCUT2D eigenvalue weighted by molar-refractivity contribution is 6.33. The molecule has 0 saturated carbocycles. The lowest BCUT2D eigenvalue weighted by Gasteiger charge is -2.11. The Hall–Kier alpha value is -2.01. The minimum Gasteiger partial charge on any atom is -0.497 e. The van der Waals surface area contributed by atoms with Gasteiger partial charge < -0.3 is 15.4 Å². The minimum atomic E-state index is 0.605. The predicted octanol–water partition coefficient (Wildman–Crippen LogP) is 3.49. The molecule has 0 aliphatic rings. The second-order valence-corrected chi connectivity index (χ2v) is 4.54. The average Bonchev–Trinajstić information content (AvgIpc) is 2.49. The summed E-state index contributed by atoms with van der Waals surface area (Å²) in [6.45, 7) is 2.01. The van der Waals surface area contributed by atoms with Crippen LogP contribution in [0.25, 0.3) is 0 Å². The van der Waals surface area contributed by atoms with Gasteiger partial charge in [-0.1, -0.05) is 18.5 Å². The Morgan fingerprint density at radius 2 is 1.95 bits per heavy atom. The molecular formula is C14H17ClN4O. The van der Waals surface area contributed by atoms with Gasteiger partial charge >= 0.3 is 0 Å². The zero-order valence-corrected chi connectivity index (χ0v) is 12.5. The van der Waals surface area contributed by atoms with Crippen LogP contribution in [0.3, 0.4) is 0 Å². The monoisotopic (exact) mass is 292 g/mol. The summed E-state index contributed by atoms with van der Waals surface area (Å²) >= 11 is 6.17. The smallest absolute Gasteiger partial charge is 0.136 e. The lowest BCUT2D eigenvalue weighted by atomic mass is 10.3. The third-order valence-electron chi connectivity index (χ3n) is 2.78. The van der Waals surface area contributed by atoms with Crippen molar-refractivity contribution in [2.24, 2.45) is 0 Å². The molecule has 0 radical (unpaired) electrons. The van der Waals surface area contributed by atoms with Crippen molar-refractivity contribution in [3.63, 3.8) is 0 Å². The van der Waals surface area contributed by atoms with E-state index in [9.17, 15) is 0 Å². The molecule has 1 aromatic heterocycles. The molecule has 2 aromatic rings. The molecule has 1 heterocycles. The predicted molar refractivity (Wildman–Crippen MR) is 82.2 cm³/mol. The molecule has 0 amide bonds. The summed E-state index contributed by atoms with van der Waals surface area (Å²) in [4.78, 5) is 8.78. The van der Waals surface area contributed by atoms with E-state index < -0.39 is 0 Å². The molecule has 0 spiro atoms. The van der Waals surface area contributed by atoms with E-state index in [1.165, 1.54) is 0 Å². The van der Waals surface area contributed by atoms with E-state index >= 15 is 0 Å². The van der Waals surface area contributed by atoms with Crippen molar-refractivity contribution in [3.8, 4) is 5.75 Å². The molecule has 20 heavy (non-hydrogen) atoms. The van der Waals surface area contributed by atoms with Gasteiger partial charge in [-0.15, -0.1) is 0 Å². The maximum atomic E-state index is 6.17. The molecule has 0 bridgehead atoms. The first kappa shape index (κ1) is 14.4. The number of halogens is 1. The molecule has 0 unspecified atom stereocenters. The Morgan fingerprint density at radius 3 is 2.60 bits per heavy atom. The first-order valence-electron chi connectivity index (χ1n) is 6.32. The van der Waals surface area contributed by atoms with Crippen LogP contribution in [0.5, 0.6) is 5.75 Å². The van der Waals surface area contributed by atoms with E-state index in [1.54, 1.807) is 13.2 Å².